The first kappa shape index (κ1) is 46.3. The molecule has 0 bridgehead atoms. The summed E-state index contributed by atoms with van der Waals surface area (Å²) in [6.45, 7) is 4.95. The smallest absolute Gasteiger partial charge is 0.220 e. The molecular weight excluding hydrogens is 957 g/mol. The monoisotopic (exact) mass is 990 g/mol. The van der Waals surface area contributed by atoms with E-state index in [4.69, 9.17) is 32.8 Å². The molecule has 1 aliphatic heterocycles. The molecule has 72 heavy (non-hydrogen) atoms. The summed E-state index contributed by atoms with van der Waals surface area (Å²) in [6, 6.07) is 10.5. The van der Waals surface area contributed by atoms with Crippen molar-refractivity contribution in [3.8, 4) is 144 Å². The molecule has 8 aromatic rings. The van der Waals surface area contributed by atoms with E-state index in [2.05, 4.69) is 6.58 Å². The van der Waals surface area contributed by atoms with Gasteiger partial charge in [0.2, 0.25) is 40.2 Å². The van der Waals surface area contributed by atoms with Crippen molar-refractivity contribution in [1.82, 2.24) is 0 Å². The number of aromatic hydroxyl groups is 14. The lowest BCUT2D eigenvalue weighted by Gasteiger charge is -2.26. The topological polar surface area (TPSA) is 392 Å². The van der Waals surface area contributed by atoms with Gasteiger partial charge in [-0.2, -0.15) is 0 Å². The molecule has 0 amide bonds. The van der Waals surface area contributed by atoms with Gasteiger partial charge in [0.25, 0.3) is 0 Å². The van der Waals surface area contributed by atoms with Gasteiger partial charge in [-0.25, -0.2) is 0 Å². The molecular formula is C49H34O23. The SMILES string of the molecule is C=C(Oc1c(O)cc(O)c2c1Oc1c(O)cc3oc4c(Oc5cc(O)cc(O)c5)c(O)cc(O)c4c3c1O2)/C(=C(O)\C=C(/C)O)c1c(O)cc(O)cc1Oc1c(O)cc(O)cc1Oc1c(O)cc(O)cc1O. The number of aliphatic hydroxyl groups is 2. The summed E-state index contributed by atoms with van der Waals surface area (Å²) in [5.41, 5.74) is -1.94. The zero-order valence-electron chi connectivity index (χ0n) is 36.2. The van der Waals surface area contributed by atoms with Crippen LogP contribution in [0.15, 0.2) is 107 Å². The van der Waals surface area contributed by atoms with Gasteiger partial charge in [0.1, 0.15) is 68.8 Å². The third-order valence-corrected chi connectivity index (χ3v) is 10.4. The number of phenols is 14. The van der Waals surface area contributed by atoms with E-state index >= 15 is 0 Å². The van der Waals surface area contributed by atoms with Crippen LogP contribution in [0.5, 0.6) is 144 Å². The van der Waals surface area contributed by atoms with Crippen molar-refractivity contribution in [3.05, 3.63) is 108 Å². The second-order valence-corrected chi connectivity index (χ2v) is 15.6. The molecule has 23 nitrogen and oxygen atoms in total. The summed E-state index contributed by atoms with van der Waals surface area (Å²) < 4.78 is 41.3. The summed E-state index contributed by atoms with van der Waals surface area (Å²) in [5.74, 6) is -18.8. The van der Waals surface area contributed by atoms with Gasteiger partial charge >= 0.3 is 0 Å². The number of rotatable bonds is 11. The second kappa shape index (κ2) is 17.0. The van der Waals surface area contributed by atoms with E-state index in [1.54, 1.807) is 0 Å². The maximum absolute atomic E-state index is 11.6. The summed E-state index contributed by atoms with van der Waals surface area (Å²) >= 11 is 0. The highest BCUT2D eigenvalue weighted by atomic mass is 16.6. The Morgan fingerprint density at radius 1 is 0.458 bits per heavy atom. The van der Waals surface area contributed by atoms with Crippen LogP contribution in [0.2, 0.25) is 0 Å². The van der Waals surface area contributed by atoms with Crippen molar-refractivity contribution >= 4 is 27.5 Å². The summed E-state index contributed by atoms with van der Waals surface area (Å²) in [5, 5.41) is 171. The fraction of sp³-hybridized carbons (Fsp3) is 0.0204. The molecule has 9 rings (SSSR count). The highest BCUT2D eigenvalue weighted by Crippen LogP contribution is 2.63. The Balaban J connectivity index is 1.14. The molecule has 0 fully saturated rings. The van der Waals surface area contributed by atoms with Crippen molar-refractivity contribution in [2.24, 2.45) is 0 Å². The van der Waals surface area contributed by atoms with E-state index < -0.39 is 166 Å². The quantitative estimate of drug-likeness (QED) is 0.0423. The lowest BCUT2D eigenvalue weighted by Crippen LogP contribution is -2.07. The molecule has 0 unspecified atom stereocenters. The minimum atomic E-state index is -0.965. The predicted octanol–water partition coefficient (Wildman–Crippen LogP) is 10.1. The molecule has 16 N–H and O–H groups in total. The fourth-order valence-electron chi connectivity index (χ4n) is 7.55. The average molecular weight is 991 g/mol. The first-order valence-electron chi connectivity index (χ1n) is 20.3. The zero-order valence-corrected chi connectivity index (χ0v) is 36.2. The Morgan fingerprint density at radius 2 is 0.958 bits per heavy atom. The molecule has 2 heterocycles. The molecule has 7 aromatic carbocycles. The van der Waals surface area contributed by atoms with Crippen molar-refractivity contribution in [2.45, 2.75) is 6.92 Å². The van der Waals surface area contributed by atoms with E-state index in [1.165, 1.54) is 0 Å². The van der Waals surface area contributed by atoms with Gasteiger partial charge in [-0.05, 0) is 6.92 Å². The molecule has 0 radical (unpaired) electrons. The van der Waals surface area contributed by atoms with Crippen LogP contribution in [0.25, 0.3) is 27.5 Å². The van der Waals surface area contributed by atoms with Crippen LogP contribution in [0.4, 0.5) is 0 Å². The van der Waals surface area contributed by atoms with Crippen molar-refractivity contribution in [2.75, 3.05) is 0 Å². The number of phenolic OH excluding ortho intramolecular Hbond substituents is 14. The number of fused-ring (bicyclic) bond motifs is 6. The largest absolute Gasteiger partial charge is 0.512 e. The zero-order chi connectivity index (χ0) is 51.8. The number of aliphatic hydroxyl groups excluding tert-OH is 2. The van der Waals surface area contributed by atoms with Crippen molar-refractivity contribution < 1.29 is 115 Å². The van der Waals surface area contributed by atoms with Crippen LogP contribution < -0.4 is 28.4 Å². The Labute approximate surface area is 400 Å². The highest BCUT2D eigenvalue weighted by Gasteiger charge is 2.37. The second-order valence-electron chi connectivity index (χ2n) is 15.6. The number of hydrogen-bond donors (Lipinski definition) is 16. The summed E-state index contributed by atoms with van der Waals surface area (Å²) in [4.78, 5) is 0. The molecule has 0 aliphatic carbocycles. The summed E-state index contributed by atoms with van der Waals surface area (Å²) in [6.07, 6.45) is 0.739. The molecule has 0 spiro atoms. The van der Waals surface area contributed by atoms with E-state index in [0.29, 0.717) is 6.07 Å². The standard InChI is InChI=1S/C49H34O23/c1-16(50)3-24(56)37(38-25(57)7-21(54)11-34(38)68-42-29(61)10-22(55)12-36(42)70-41-27(59)8-20(53)9-28(41)60)17(2)66-45-31(63)14-32(64)46-49(45)72-44-33(65)15-35-40(48(44)71-46)39-26(58)13-30(62)43(47(39)69-35)67-23-5-18(51)4-19(52)6-23/h3-15,50-65H,2H2,1H3/b16-3+,37-24-. The number of benzene rings is 7. The van der Waals surface area contributed by atoms with Gasteiger partial charge in [0.05, 0.1) is 27.7 Å². The molecule has 0 saturated carbocycles. The van der Waals surface area contributed by atoms with Crippen LogP contribution in [0.1, 0.15) is 12.5 Å². The van der Waals surface area contributed by atoms with Crippen LogP contribution in [-0.2, 0) is 0 Å². The van der Waals surface area contributed by atoms with Gasteiger partial charge in [-0.1, -0.05) is 6.58 Å². The highest BCUT2D eigenvalue weighted by molar-refractivity contribution is 6.15. The van der Waals surface area contributed by atoms with E-state index in [-0.39, 0.29) is 27.7 Å². The first-order chi connectivity index (χ1) is 34.1. The molecule has 0 atom stereocenters. The minimum absolute atomic E-state index is 0.148. The number of hydrogen-bond acceptors (Lipinski definition) is 23. The third-order valence-electron chi connectivity index (χ3n) is 10.4. The molecule has 0 saturated heterocycles. The fourth-order valence-corrected chi connectivity index (χ4v) is 7.55. The molecule has 23 heteroatoms. The molecule has 368 valence electrons. The van der Waals surface area contributed by atoms with Gasteiger partial charge in [0, 0.05) is 78.9 Å². The van der Waals surface area contributed by atoms with Crippen LogP contribution in [0, 0.1) is 0 Å². The number of ether oxygens (including phenoxy) is 6. The minimum Gasteiger partial charge on any atom is -0.512 e. The van der Waals surface area contributed by atoms with Crippen molar-refractivity contribution in [1.29, 1.82) is 0 Å². The van der Waals surface area contributed by atoms with Crippen LogP contribution in [0.3, 0.4) is 0 Å². The van der Waals surface area contributed by atoms with E-state index in [1.807, 2.05) is 0 Å². The first-order valence-corrected chi connectivity index (χ1v) is 20.3. The van der Waals surface area contributed by atoms with Crippen LogP contribution in [-0.4, -0.2) is 81.7 Å². The van der Waals surface area contributed by atoms with E-state index in [0.717, 1.165) is 79.7 Å². The number of furan rings is 1. The van der Waals surface area contributed by atoms with Gasteiger partial charge in [-0.3, -0.25) is 0 Å². The van der Waals surface area contributed by atoms with E-state index in [9.17, 15) is 81.7 Å². The van der Waals surface area contributed by atoms with Gasteiger partial charge < -0.3 is 115 Å². The maximum Gasteiger partial charge on any atom is 0.220 e. The molecule has 1 aromatic heterocycles. The Hall–Kier alpha value is -10.8. The normalized spacial score (nSPS) is 12.3. The lowest BCUT2D eigenvalue weighted by molar-refractivity contribution is 0.299. The van der Waals surface area contributed by atoms with Gasteiger partial charge in [0.15, 0.2) is 57.3 Å². The molecule has 1 aliphatic rings. The van der Waals surface area contributed by atoms with Gasteiger partial charge in [-0.15, -0.1) is 0 Å². The number of allylic oxidation sites excluding steroid dienone is 3. The Morgan fingerprint density at radius 3 is 1.61 bits per heavy atom. The lowest BCUT2D eigenvalue weighted by atomic mass is 9.99. The average Bonchev–Trinajstić information content (AvgIpc) is 3.66. The van der Waals surface area contributed by atoms with Crippen molar-refractivity contribution in [3.63, 3.8) is 0 Å². The Kier molecular flexibility index (Phi) is 11.0. The summed E-state index contributed by atoms with van der Waals surface area (Å²) in [7, 11) is 0. The third kappa shape index (κ3) is 8.10. The van der Waals surface area contributed by atoms with Crippen LogP contribution >= 0.6 is 0 Å². The Bertz CT molecular complexity index is 3650. The predicted molar refractivity (Wildman–Crippen MR) is 245 cm³/mol. The maximum atomic E-state index is 11.6.